The van der Waals surface area contributed by atoms with Crippen molar-refractivity contribution in [3.8, 4) is 11.5 Å². The van der Waals surface area contributed by atoms with Gasteiger partial charge in [-0.05, 0) is 30.3 Å². The smallest absolute Gasteiger partial charge is 0.335 e. The lowest BCUT2D eigenvalue weighted by Gasteiger charge is -2.23. The Morgan fingerprint density at radius 1 is 0.743 bits per heavy atom. The third kappa shape index (κ3) is 4.24. The van der Waals surface area contributed by atoms with Crippen LogP contribution in [0.25, 0.3) is 0 Å². The maximum absolute atomic E-state index is 13.7. The minimum absolute atomic E-state index is 0.00816. The molecule has 0 amide bonds. The molecule has 0 atom stereocenters. The van der Waals surface area contributed by atoms with Crippen molar-refractivity contribution in [2.75, 3.05) is 0 Å². The third-order valence-corrected chi connectivity index (χ3v) is 5.55. The minimum Gasteiger partial charge on any atom is -0.488 e. The molecule has 8 heteroatoms. The molecular weight excluding hydrogens is 448 g/mol. The van der Waals surface area contributed by atoms with Crippen molar-refractivity contribution in [2.45, 2.75) is 13.2 Å². The van der Waals surface area contributed by atoms with Crippen molar-refractivity contribution in [1.82, 2.24) is 9.97 Å². The van der Waals surface area contributed by atoms with Crippen molar-refractivity contribution in [3.63, 3.8) is 0 Å². The van der Waals surface area contributed by atoms with Gasteiger partial charge in [0.05, 0.1) is 16.7 Å². The van der Waals surface area contributed by atoms with Gasteiger partial charge in [0.2, 0.25) is 5.78 Å². The molecule has 1 N–H and O–H groups in total. The number of ether oxygens (including phenoxy) is 2. The highest BCUT2D eigenvalue weighted by atomic mass is 16.5. The zero-order chi connectivity index (χ0) is 24.4. The molecule has 0 saturated heterocycles. The van der Waals surface area contributed by atoms with Gasteiger partial charge in [0, 0.05) is 47.0 Å². The maximum atomic E-state index is 13.7. The summed E-state index contributed by atoms with van der Waals surface area (Å²) in [5.41, 5.74) is 1.61. The van der Waals surface area contributed by atoms with Crippen LogP contribution in [0.1, 0.15) is 53.3 Å². The first kappa shape index (κ1) is 22.0. The van der Waals surface area contributed by atoms with Crippen LogP contribution in [-0.4, -0.2) is 32.6 Å². The number of aromatic carboxylic acids is 1. The van der Waals surface area contributed by atoms with Gasteiger partial charge in [0.1, 0.15) is 24.7 Å². The van der Waals surface area contributed by atoms with Gasteiger partial charge in [-0.2, -0.15) is 0 Å². The summed E-state index contributed by atoms with van der Waals surface area (Å²) in [5.74, 6) is -1.94. The Balaban J connectivity index is 1.56. The van der Waals surface area contributed by atoms with Crippen LogP contribution in [0.15, 0.2) is 79.4 Å². The summed E-state index contributed by atoms with van der Waals surface area (Å²) in [5, 5.41) is 9.58. The highest BCUT2D eigenvalue weighted by molar-refractivity contribution is 6.30. The van der Waals surface area contributed by atoms with Crippen LogP contribution in [0, 0.1) is 0 Å². The van der Waals surface area contributed by atoms with Crippen molar-refractivity contribution in [2.24, 2.45) is 0 Å². The Kier molecular flexibility index (Phi) is 5.76. The van der Waals surface area contributed by atoms with E-state index in [4.69, 9.17) is 9.47 Å². The molecule has 2 aromatic carbocycles. The van der Waals surface area contributed by atoms with Gasteiger partial charge in [0.25, 0.3) is 0 Å². The quantitative estimate of drug-likeness (QED) is 0.381. The van der Waals surface area contributed by atoms with E-state index in [-0.39, 0.29) is 52.5 Å². The van der Waals surface area contributed by atoms with E-state index < -0.39 is 17.5 Å². The van der Waals surface area contributed by atoms with Crippen LogP contribution >= 0.6 is 0 Å². The van der Waals surface area contributed by atoms with E-state index in [1.807, 2.05) is 6.07 Å². The number of rotatable bonds is 7. The van der Waals surface area contributed by atoms with E-state index in [1.54, 1.807) is 55.1 Å². The second-order valence-electron chi connectivity index (χ2n) is 7.84. The highest BCUT2D eigenvalue weighted by Crippen LogP contribution is 2.38. The second kappa shape index (κ2) is 9.18. The number of carbonyl (C=O) groups excluding carboxylic acids is 2. The Labute approximate surface area is 199 Å². The molecule has 172 valence electrons. The molecule has 2 heterocycles. The molecule has 1 aliphatic rings. The number of pyridine rings is 2. The van der Waals surface area contributed by atoms with Crippen molar-refractivity contribution < 1.29 is 29.0 Å². The van der Waals surface area contributed by atoms with Gasteiger partial charge in [-0.25, -0.2) is 4.79 Å². The van der Waals surface area contributed by atoms with Gasteiger partial charge in [-0.15, -0.1) is 0 Å². The minimum atomic E-state index is -1.24. The first-order chi connectivity index (χ1) is 17.0. The van der Waals surface area contributed by atoms with E-state index in [0.29, 0.717) is 0 Å². The summed E-state index contributed by atoms with van der Waals surface area (Å²) < 4.78 is 11.8. The van der Waals surface area contributed by atoms with Crippen molar-refractivity contribution in [1.29, 1.82) is 0 Å². The van der Waals surface area contributed by atoms with Crippen LogP contribution in [0.4, 0.5) is 0 Å². The van der Waals surface area contributed by atoms with Crippen molar-refractivity contribution >= 4 is 17.5 Å². The van der Waals surface area contributed by atoms with Crippen molar-refractivity contribution in [3.05, 3.63) is 118 Å². The number of hydrogen-bond donors (Lipinski definition) is 1. The number of fused-ring (bicyclic) bond motifs is 2. The van der Waals surface area contributed by atoms with Crippen LogP contribution in [0.2, 0.25) is 0 Å². The summed E-state index contributed by atoms with van der Waals surface area (Å²) in [6, 6.07) is 14.4. The summed E-state index contributed by atoms with van der Waals surface area (Å²) in [6.07, 6.45) is 6.50. The van der Waals surface area contributed by atoms with Gasteiger partial charge < -0.3 is 14.6 Å². The molecule has 35 heavy (non-hydrogen) atoms. The number of ketones is 2. The molecule has 1 aliphatic carbocycles. The van der Waals surface area contributed by atoms with E-state index in [1.165, 1.54) is 18.2 Å². The molecule has 2 aromatic heterocycles. The lowest BCUT2D eigenvalue weighted by Crippen LogP contribution is -2.24. The first-order valence-corrected chi connectivity index (χ1v) is 10.7. The Morgan fingerprint density at radius 3 is 1.97 bits per heavy atom. The number of carboxylic acids is 1. The second-order valence-corrected chi connectivity index (χ2v) is 7.84. The molecule has 4 aromatic rings. The SMILES string of the molecule is O=C(O)c1cc(OCc2cccnc2)c2c(c1)C(=O)c1cccc(OCc3cccnc3)c1C2=O. The maximum Gasteiger partial charge on any atom is 0.335 e. The Morgan fingerprint density at radius 2 is 1.37 bits per heavy atom. The van der Waals surface area contributed by atoms with Gasteiger partial charge in [0.15, 0.2) is 5.78 Å². The van der Waals surface area contributed by atoms with Crippen LogP contribution < -0.4 is 9.47 Å². The molecule has 0 spiro atoms. The molecular formula is C27H18N2O6. The zero-order valence-electron chi connectivity index (χ0n) is 18.3. The van der Waals surface area contributed by atoms with Crippen LogP contribution in [0.3, 0.4) is 0 Å². The predicted molar refractivity (Wildman–Crippen MR) is 124 cm³/mol. The highest BCUT2D eigenvalue weighted by Gasteiger charge is 2.36. The molecule has 0 bridgehead atoms. The van der Waals surface area contributed by atoms with E-state index in [2.05, 4.69) is 9.97 Å². The molecule has 0 saturated carbocycles. The fraction of sp³-hybridized carbons (Fsp3) is 0.0741. The lowest BCUT2D eigenvalue weighted by molar-refractivity contribution is 0.0695. The molecule has 5 rings (SSSR count). The third-order valence-electron chi connectivity index (χ3n) is 5.55. The number of hydrogen-bond acceptors (Lipinski definition) is 7. The van der Waals surface area contributed by atoms with Crippen LogP contribution in [0.5, 0.6) is 11.5 Å². The van der Waals surface area contributed by atoms with E-state index >= 15 is 0 Å². The predicted octanol–water partition coefficient (Wildman–Crippen LogP) is 4.11. The first-order valence-electron chi connectivity index (χ1n) is 10.7. The number of carbonyl (C=O) groups is 3. The monoisotopic (exact) mass is 466 g/mol. The van der Waals surface area contributed by atoms with Gasteiger partial charge in [-0.3, -0.25) is 19.6 Å². The summed E-state index contributed by atoms with van der Waals surface area (Å²) >= 11 is 0. The van der Waals surface area contributed by atoms with E-state index in [9.17, 15) is 19.5 Å². The number of nitrogens with zero attached hydrogens (tertiary/aromatic N) is 2. The molecule has 0 aliphatic heterocycles. The van der Waals surface area contributed by atoms with Gasteiger partial charge in [-0.1, -0.05) is 24.3 Å². The number of carboxylic acid groups (broad SMARTS) is 1. The average molecular weight is 466 g/mol. The standard InChI is InChI=1S/C27H18N2O6/c30-25-19-6-1-7-21(34-14-16-4-2-8-28-12-16)23(19)26(31)24-20(25)10-18(27(32)33)11-22(24)35-15-17-5-3-9-29-13-17/h1-13H,14-15H2,(H,32,33). The topological polar surface area (TPSA) is 116 Å². The number of benzene rings is 2. The zero-order valence-corrected chi connectivity index (χ0v) is 18.3. The average Bonchev–Trinajstić information content (AvgIpc) is 2.89. The summed E-state index contributed by atoms with van der Waals surface area (Å²) in [4.78, 5) is 46.9. The Hall–Kier alpha value is -4.85. The summed E-state index contributed by atoms with van der Waals surface area (Å²) in [7, 11) is 0. The normalized spacial score (nSPS) is 12.0. The molecule has 0 radical (unpaired) electrons. The molecule has 0 unspecified atom stereocenters. The largest absolute Gasteiger partial charge is 0.488 e. The van der Waals surface area contributed by atoms with Crippen LogP contribution in [-0.2, 0) is 13.2 Å². The number of aromatic nitrogens is 2. The van der Waals surface area contributed by atoms with E-state index in [0.717, 1.165) is 11.1 Å². The summed E-state index contributed by atoms with van der Waals surface area (Å²) in [6.45, 7) is 0.192. The fourth-order valence-corrected chi connectivity index (χ4v) is 3.90. The fourth-order valence-electron chi connectivity index (χ4n) is 3.90. The van der Waals surface area contributed by atoms with Gasteiger partial charge >= 0.3 is 5.97 Å². The molecule has 0 fully saturated rings. The Bertz CT molecular complexity index is 1450. The molecule has 8 nitrogen and oxygen atoms in total. The lowest BCUT2D eigenvalue weighted by atomic mass is 9.82.